The van der Waals surface area contributed by atoms with Gasteiger partial charge in [0.25, 0.3) is 0 Å². The predicted octanol–water partition coefficient (Wildman–Crippen LogP) is 3.93. The molecule has 1 aliphatic carbocycles. The Morgan fingerprint density at radius 1 is 1.22 bits per heavy atom. The van der Waals surface area contributed by atoms with Crippen LogP contribution < -0.4 is 5.32 Å². The number of nitriles is 1. The van der Waals surface area contributed by atoms with Crippen molar-refractivity contribution >= 4 is 5.69 Å². The van der Waals surface area contributed by atoms with Crippen LogP contribution in [-0.2, 0) is 6.18 Å². The molecule has 1 aromatic carbocycles. The molecule has 0 aliphatic heterocycles. The van der Waals surface area contributed by atoms with Gasteiger partial charge < -0.3 is 5.32 Å². The van der Waals surface area contributed by atoms with Crippen molar-refractivity contribution in [2.24, 2.45) is 0 Å². The molecule has 1 fully saturated rings. The van der Waals surface area contributed by atoms with Crippen LogP contribution in [0.2, 0.25) is 0 Å². The molecule has 0 spiro atoms. The van der Waals surface area contributed by atoms with Crippen molar-refractivity contribution in [2.75, 3.05) is 5.32 Å². The van der Waals surface area contributed by atoms with E-state index in [0.29, 0.717) is 5.69 Å². The van der Waals surface area contributed by atoms with E-state index in [4.69, 9.17) is 5.26 Å². The van der Waals surface area contributed by atoms with E-state index in [0.717, 1.165) is 31.7 Å². The molecule has 18 heavy (non-hydrogen) atoms. The molecule has 0 unspecified atom stereocenters. The topological polar surface area (TPSA) is 35.8 Å². The van der Waals surface area contributed by atoms with E-state index in [1.165, 1.54) is 12.1 Å². The normalized spacial score (nSPS) is 16.6. The fourth-order valence-corrected chi connectivity index (χ4v) is 2.27. The number of nitrogens with zero attached hydrogens (tertiary/aromatic N) is 1. The van der Waals surface area contributed by atoms with Gasteiger partial charge in [-0.15, -0.1) is 0 Å². The first kappa shape index (κ1) is 12.7. The lowest BCUT2D eigenvalue weighted by Crippen LogP contribution is -2.16. The third kappa shape index (κ3) is 2.76. The molecule has 2 rings (SSSR count). The zero-order chi connectivity index (χ0) is 13.2. The lowest BCUT2D eigenvalue weighted by atomic mass is 10.1. The smallest absolute Gasteiger partial charge is 0.382 e. The van der Waals surface area contributed by atoms with Gasteiger partial charge in [0.15, 0.2) is 0 Å². The van der Waals surface area contributed by atoms with Crippen molar-refractivity contribution in [3.63, 3.8) is 0 Å². The maximum absolute atomic E-state index is 12.8. The molecular weight excluding hydrogens is 241 g/mol. The Bertz CT molecular complexity index is 468. The lowest BCUT2D eigenvalue weighted by Gasteiger charge is -2.16. The second kappa shape index (κ2) is 4.89. The zero-order valence-electron chi connectivity index (χ0n) is 9.72. The molecule has 0 saturated heterocycles. The minimum Gasteiger partial charge on any atom is -0.382 e. The monoisotopic (exact) mass is 254 g/mol. The van der Waals surface area contributed by atoms with Gasteiger partial charge in [-0.1, -0.05) is 12.8 Å². The highest BCUT2D eigenvalue weighted by atomic mass is 19.4. The molecule has 5 heteroatoms. The van der Waals surface area contributed by atoms with Crippen LogP contribution in [0.1, 0.15) is 36.8 Å². The third-order valence-electron chi connectivity index (χ3n) is 3.17. The Morgan fingerprint density at radius 3 is 2.44 bits per heavy atom. The summed E-state index contributed by atoms with van der Waals surface area (Å²) in [6.07, 6.45) is -0.290. The quantitative estimate of drug-likeness (QED) is 0.867. The highest BCUT2D eigenvalue weighted by molar-refractivity contribution is 5.53. The number of nitrogens with one attached hydrogen (secondary N) is 1. The minimum atomic E-state index is -4.49. The average Bonchev–Trinajstić information content (AvgIpc) is 2.80. The van der Waals surface area contributed by atoms with Crippen LogP contribution in [0.5, 0.6) is 0 Å². The van der Waals surface area contributed by atoms with Crippen molar-refractivity contribution in [1.29, 1.82) is 5.26 Å². The van der Waals surface area contributed by atoms with Gasteiger partial charge in [-0.05, 0) is 31.0 Å². The van der Waals surface area contributed by atoms with Crippen molar-refractivity contribution in [3.8, 4) is 6.07 Å². The molecule has 0 amide bonds. The molecule has 1 saturated carbocycles. The summed E-state index contributed by atoms with van der Waals surface area (Å²) in [4.78, 5) is 0. The van der Waals surface area contributed by atoms with E-state index in [1.54, 1.807) is 6.07 Å². The van der Waals surface area contributed by atoms with Gasteiger partial charge >= 0.3 is 6.18 Å². The Kier molecular flexibility index (Phi) is 3.46. The standard InChI is InChI=1S/C13H13F3N2/c14-13(15,16)12-7-11(6-5-9(12)8-17)18-10-3-1-2-4-10/h5-7,10,18H,1-4H2. The van der Waals surface area contributed by atoms with Crippen LogP contribution in [0.15, 0.2) is 18.2 Å². The van der Waals surface area contributed by atoms with Crippen molar-refractivity contribution < 1.29 is 13.2 Å². The van der Waals surface area contributed by atoms with Gasteiger partial charge in [0.1, 0.15) is 0 Å². The summed E-state index contributed by atoms with van der Waals surface area (Å²) in [5.74, 6) is 0. The number of alkyl halides is 3. The molecule has 0 heterocycles. The van der Waals surface area contributed by atoms with Crippen molar-refractivity contribution in [3.05, 3.63) is 29.3 Å². The second-order valence-corrected chi connectivity index (χ2v) is 4.50. The zero-order valence-corrected chi connectivity index (χ0v) is 9.72. The molecule has 2 nitrogen and oxygen atoms in total. The van der Waals surface area contributed by atoms with Crippen LogP contribution in [0, 0.1) is 11.3 Å². The van der Waals surface area contributed by atoms with Crippen LogP contribution in [0.3, 0.4) is 0 Å². The SMILES string of the molecule is N#Cc1ccc(NC2CCCC2)cc1C(F)(F)F. The van der Waals surface area contributed by atoms with Crippen molar-refractivity contribution in [1.82, 2.24) is 0 Å². The van der Waals surface area contributed by atoms with Gasteiger partial charge in [0.2, 0.25) is 0 Å². The number of hydrogen-bond donors (Lipinski definition) is 1. The summed E-state index contributed by atoms with van der Waals surface area (Å²) in [5.41, 5.74) is -0.763. The first-order valence-corrected chi connectivity index (χ1v) is 5.88. The third-order valence-corrected chi connectivity index (χ3v) is 3.17. The molecule has 0 radical (unpaired) electrons. The molecule has 0 aromatic heterocycles. The fraction of sp³-hybridized carbons (Fsp3) is 0.462. The van der Waals surface area contributed by atoms with Crippen LogP contribution in [-0.4, -0.2) is 6.04 Å². The Labute approximate surface area is 103 Å². The first-order valence-electron chi connectivity index (χ1n) is 5.88. The summed E-state index contributed by atoms with van der Waals surface area (Å²) in [5, 5.41) is 11.8. The van der Waals surface area contributed by atoms with E-state index in [-0.39, 0.29) is 11.6 Å². The van der Waals surface area contributed by atoms with Gasteiger partial charge in [-0.3, -0.25) is 0 Å². The van der Waals surface area contributed by atoms with Crippen LogP contribution in [0.4, 0.5) is 18.9 Å². The summed E-state index contributed by atoms with van der Waals surface area (Å²) in [6, 6.07) is 5.61. The minimum absolute atomic E-state index is 0.249. The average molecular weight is 254 g/mol. The molecule has 1 aliphatic rings. The highest BCUT2D eigenvalue weighted by Crippen LogP contribution is 2.34. The molecule has 0 bridgehead atoms. The number of hydrogen-bond acceptors (Lipinski definition) is 2. The van der Waals surface area contributed by atoms with E-state index < -0.39 is 11.7 Å². The number of anilines is 1. The van der Waals surface area contributed by atoms with Crippen molar-refractivity contribution in [2.45, 2.75) is 37.9 Å². The van der Waals surface area contributed by atoms with Crippen LogP contribution in [0.25, 0.3) is 0 Å². The summed E-state index contributed by atoms with van der Waals surface area (Å²) in [6.45, 7) is 0. The number of rotatable bonds is 2. The van der Waals surface area contributed by atoms with E-state index in [9.17, 15) is 13.2 Å². The fourth-order valence-electron chi connectivity index (χ4n) is 2.27. The summed E-state index contributed by atoms with van der Waals surface area (Å²) < 4.78 is 38.3. The van der Waals surface area contributed by atoms with E-state index in [2.05, 4.69) is 5.32 Å². The maximum Gasteiger partial charge on any atom is 0.417 e. The predicted molar refractivity (Wildman–Crippen MR) is 62.0 cm³/mol. The number of halogens is 3. The Morgan fingerprint density at radius 2 is 1.89 bits per heavy atom. The van der Waals surface area contributed by atoms with Gasteiger partial charge in [-0.2, -0.15) is 18.4 Å². The summed E-state index contributed by atoms with van der Waals surface area (Å²) in [7, 11) is 0. The lowest BCUT2D eigenvalue weighted by molar-refractivity contribution is -0.137. The Hall–Kier alpha value is -1.70. The van der Waals surface area contributed by atoms with E-state index in [1.807, 2.05) is 0 Å². The van der Waals surface area contributed by atoms with E-state index >= 15 is 0 Å². The number of benzene rings is 1. The highest BCUT2D eigenvalue weighted by Gasteiger charge is 2.34. The van der Waals surface area contributed by atoms with Gasteiger partial charge in [0.05, 0.1) is 17.2 Å². The molecule has 96 valence electrons. The first-order chi connectivity index (χ1) is 8.50. The van der Waals surface area contributed by atoms with Crippen LogP contribution >= 0.6 is 0 Å². The molecule has 1 N–H and O–H groups in total. The van der Waals surface area contributed by atoms with Gasteiger partial charge in [0, 0.05) is 11.7 Å². The Balaban J connectivity index is 2.25. The molecule has 0 atom stereocenters. The molecular formula is C13H13F3N2. The largest absolute Gasteiger partial charge is 0.417 e. The van der Waals surface area contributed by atoms with Gasteiger partial charge in [-0.25, -0.2) is 0 Å². The maximum atomic E-state index is 12.8. The second-order valence-electron chi connectivity index (χ2n) is 4.50. The summed E-state index contributed by atoms with van der Waals surface area (Å²) >= 11 is 0. The molecule has 1 aromatic rings.